The highest BCUT2D eigenvalue weighted by Gasteiger charge is 2.28. The zero-order chi connectivity index (χ0) is 15.4. The molecule has 1 N–H and O–H groups in total. The van der Waals surface area contributed by atoms with Gasteiger partial charge in [-0.15, -0.1) is 0 Å². The highest BCUT2D eigenvalue weighted by molar-refractivity contribution is 6.38. The van der Waals surface area contributed by atoms with Crippen LogP contribution in [0.15, 0.2) is 5.57 Å². The molecule has 1 rings (SSSR count). The number of esters is 1. The number of nitrogens with zero attached hydrogens (tertiary/aromatic N) is 1. The molecule has 0 saturated carbocycles. The maximum absolute atomic E-state index is 13.7. The summed E-state index contributed by atoms with van der Waals surface area (Å²) in [6.07, 6.45) is 0. The molecule has 1 aromatic rings. The normalized spacial score (nSPS) is 9.85. The number of hydrogen-bond donors (Lipinski definition) is 1. The van der Waals surface area contributed by atoms with Crippen LogP contribution in [0.3, 0.4) is 0 Å². The van der Waals surface area contributed by atoms with Crippen LogP contribution in [-0.4, -0.2) is 29.2 Å². The van der Waals surface area contributed by atoms with E-state index < -0.39 is 28.3 Å². The number of rotatable bonds is 4. The van der Waals surface area contributed by atoms with Crippen LogP contribution in [0.4, 0.5) is 4.39 Å². The molecule has 1 aromatic heterocycles. The fourth-order valence-corrected chi connectivity index (χ4v) is 1.98. The van der Waals surface area contributed by atoms with Crippen molar-refractivity contribution in [3.8, 4) is 0 Å². The number of halogens is 3. The first kappa shape index (κ1) is 16.3. The minimum absolute atomic E-state index is 0.0111. The Balaban J connectivity index is 3.39. The summed E-state index contributed by atoms with van der Waals surface area (Å²) in [6, 6.07) is 0. The summed E-state index contributed by atoms with van der Waals surface area (Å²) >= 11 is 11.2. The molecule has 0 aliphatic rings. The van der Waals surface area contributed by atoms with Gasteiger partial charge in [-0.2, -0.15) is 0 Å². The summed E-state index contributed by atoms with van der Waals surface area (Å²) in [5, 5.41) is 6.14. The van der Waals surface area contributed by atoms with Crippen molar-refractivity contribution in [2.45, 2.75) is 13.8 Å². The molecule has 0 aromatic carbocycles. The zero-order valence-corrected chi connectivity index (χ0v) is 12.0. The van der Waals surface area contributed by atoms with Crippen molar-refractivity contribution in [2.24, 2.45) is 0 Å². The van der Waals surface area contributed by atoms with E-state index in [4.69, 9.17) is 28.6 Å². The third-order valence-corrected chi connectivity index (χ3v) is 2.87. The zero-order valence-electron chi connectivity index (χ0n) is 10.5. The van der Waals surface area contributed by atoms with Gasteiger partial charge in [0, 0.05) is 5.56 Å². The summed E-state index contributed by atoms with van der Waals surface area (Å²) in [5.74, 6) is -1.29. The van der Waals surface area contributed by atoms with Gasteiger partial charge < -0.3 is 4.74 Å². The monoisotopic (exact) mass is 318 g/mol. The summed E-state index contributed by atoms with van der Waals surface area (Å²) in [5.41, 5.74) is -1.21. The molecular weight excluding hydrogens is 310 g/mol. The van der Waals surface area contributed by atoms with E-state index in [9.17, 15) is 14.0 Å². The molecule has 5 nitrogen and oxygen atoms in total. The minimum Gasteiger partial charge on any atom is -0.462 e. The quantitative estimate of drug-likeness (QED) is 0.176. The number of ketones is 1. The van der Waals surface area contributed by atoms with Crippen molar-refractivity contribution >= 4 is 40.8 Å². The lowest BCUT2D eigenvalue weighted by molar-refractivity contribution is -0.137. The summed E-state index contributed by atoms with van der Waals surface area (Å²) < 4.78 is 18.3. The van der Waals surface area contributed by atoms with Gasteiger partial charge in [-0.1, -0.05) is 23.2 Å². The van der Waals surface area contributed by atoms with Crippen LogP contribution in [-0.2, 0) is 9.53 Å². The van der Waals surface area contributed by atoms with Crippen LogP contribution in [0.2, 0.25) is 10.3 Å². The van der Waals surface area contributed by atoms with Gasteiger partial charge in [0.05, 0.1) is 12.2 Å². The van der Waals surface area contributed by atoms with Crippen LogP contribution in [0.5, 0.6) is 0 Å². The largest absolute Gasteiger partial charge is 0.462 e. The van der Waals surface area contributed by atoms with Crippen molar-refractivity contribution in [3.63, 3.8) is 0 Å². The van der Waals surface area contributed by atoms with Gasteiger partial charge in [-0.25, -0.2) is 14.2 Å². The van der Waals surface area contributed by atoms with Gasteiger partial charge in [0.1, 0.15) is 5.15 Å². The standard InChI is InChI=1S/C12H9Cl2FN2O3/c1-3-20-12(19)6(4-16)9(18)7-5(2)8(15)11(14)17-10(7)13/h16H,3H2,1-2H3. The number of hydrogen-bond acceptors (Lipinski definition) is 5. The van der Waals surface area contributed by atoms with E-state index in [-0.39, 0.29) is 22.9 Å². The molecule has 8 heteroatoms. The van der Waals surface area contributed by atoms with E-state index in [0.29, 0.717) is 0 Å². The second-order valence-corrected chi connectivity index (χ2v) is 4.27. The Labute approximate surface area is 123 Å². The molecule has 0 amide bonds. The van der Waals surface area contributed by atoms with Gasteiger partial charge in [0.2, 0.25) is 5.78 Å². The van der Waals surface area contributed by atoms with Crippen LogP contribution >= 0.6 is 23.2 Å². The first-order chi connectivity index (χ1) is 9.34. The van der Waals surface area contributed by atoms with Gasteiger partial charge in [0.15, 0.2) is 16.5 Å². The van der Waals surface area contributed by atoms with Crippen LogP contribution in [0.25, 0.3) is 0 Å². The van der Waals surface area contributed by atoms with Gasteiger partial charge in [0.25, 0.3) is 0 Å². The predicted molar refractivity (Wildman–Crippen MR) is 71.2 cm³/mol. The topological polar surface area (TPSA) is 80.1 Å². The third-order valence-electron chi connectivity index (χ3n) is 2.35. The van der Waals surface area contributed by atoms with E-state index in [2.05, 4.69) is 9.72 Å². The number of aromatic nitrogens is 1. The summed E-state index contributed by atoms with van der Waals surface area (Å²) in [6.45, 7) is 2.80. The van der Waals surface area contributed by atoms with Gasteiger partial charge in [-0.05, 0) is 19.7 Å². The smallest absolute Gasteiger partial charge is 0.351 e. The number of ether oxygens (including phenoxy) is 1. The molecule has 106 valence electrons. The number of carbonyl (C=O) groups excluding carboxylic acids is 2. The minimum atomic E-state index is -1.04. The number of nitrogens with one attached hydrogen (secondary N) is 1. The third kappa shape index (κ3) is 3.04. The molecule has 0 saturated heterocycles. The average molecular weight is 319 g/mol. The molecule has 0 unspecified atom stereocenters. The summed E-state index contributed by atoms with van der Waals surface area (Å²) in [4.78, 5) is 27.1. The fraction of sp³-hybridized carbons (Fsp3) is 0.250. The molecule has 1 heterocycles. The predicted octanol–water partition coefficient (Wildman–Crippen LogP) is 2.76. The molecule has 0 spiro atoms. The average Bonchev–Trinajstić information content (AvgIpc) is 2.37. The second kappa shape index (κ2) is 6.61. The molecule has 0 atom stereocenters. The molecule has 0 radical (unpaired) electrons. The SMILES string of the molecule is CCOC(=O)C(=C=N)C(=O)c1c(Cl)nc(Cl)c(F)c1C. The highest BCUT2D eigenvalue weighted by Crippen LogP contribution is 2.27. The first-order valence-corrected chi connectivity index (χ1v) is 6.13. The highest BCUT2D eigenvalue weighted by atomic mass is 35.5. The Kier molecular flexibility index (Phi) is 5.39. The molecule has 0 fully saturated rings. The Morgan fingerprint density at radius 1 is 1.40 bits per heavy atom. The number of carbonyl (C=O) groups is 2. The summed E-state index contributed by atoms with van der Waals surface area (Å²) in [7, 11) is 0. The Morgan fingerprint density at radius 2 is 2.00 bits per heavy atom. The van der Waals surface area contributed by atoms with Gasteiger partial charge in [-0.3, -0.25) is 10.2 Å². The Hall–Kier alpha value is -1.75. The Morgan fingerprint density at radius 3 is 2.50 bits per heavy atom. The maximum atomic E-state index is 13.7. The first-order valence-electron chi connectivity index (χ1n) is 5.37. The van der Waals surface area contributed by atoms with Crippen molar-refractivity contribution in [3.05, 3.63) is 32.8 Å². The Bertz CT molecular complexity index is 640. The maximum Gasteiger partial charge on any atom is 0.351 e. The van der Waals surface area contributed by atoms with E-state index in [1.54, 1.807) is 5.87 Å². The molecule has 20 heavy (non-hydrogen) atoms. The van der Waals surface area contributed by atoms with E-state index in [1.165, 1.54) is 13.8 Å². The van der Waals surface area contributed by atoms with E-state index >= 15 is 0 Å². The van der Waals surface area contributed by atoms with Crippen LogP contribution < -0.4 is 0 Å². The van der Waals surface area contributed by atoms with E-state index in [1.807, 2.05) is 0 Å². The molecule has 0 aliphatic heterocycles. The van der Waals surface area contributed by atoms with Crippen molar-refractivity contribution < 1.29 is 18.7 Å². The van der Waals surface area contributed by atoms with Crippen LogP contribution in [0, 0.1) is 18.2 Å². The number of Topliss-reactive ketones (excluding diaryl/α,β-unsaturated/α-hetero) is 1. The second-order valence-electron chi connectivity index (χ2n) is 3.56. The molecular formula is C12H9Cl2FN2O3. The molecule has 0 bridgehead atoms. The van der Waals surface area contributed by atoms with Crippen molar-refractivity contribution in [1.82, 2.24) is 4.98 Å². The lowest BCUT2D eigenvalue weighted by Gasteiger charge is -2.09. The lowest BCUT2D eigenvalue weighted by atomic mass is 10.0. The molecule has 0 aliphatic carbocycles. The van der Waals surface area contributed by atoms with E-state index in [0.717, 1.165) is 0 Å². The number of pyridine rings is 1. The lowest BCUT2D eigenvalue weighted by Crippen LogP contribution is -2.19. The van der Waals surface area contributed by atoms with Gasteiger partial charge >= 0.3 is 5.97 Å². The fourth-order valence-electron chi connectivity index (χ4n) is 1.40. The van der Waals surface area contributed by atoms with Crippen LogP contribution in [0.1, 0.15) is 22.8 Å². The van der Waals surface area contributed by atoms with Crippen molar-refractivity contribution in [2.75, 3.05) is 6.61 Å². The van der Waals surface area contributed by atoms with Crippen molar-refractivity contribution in [1.29, 1.82) is 5.41 Å².